The topological polar surface area (TPSA) is 20.3 Å². The minimum Gasteiger partial charge on any atom is -0.342 e. The lowest BCUT2D eigenvalue weighted by molar-refractivity contribution is -0.136. The standard InChI is InChI=1S/C21H29F2NOS/c1-14(2)15-3-5-16(6-4-15)21(25)24-10-9-20(26-12-11-24)18-13-17(22)7-8-19(18)23/h7-8,13-16,20H,3-6,9-12H2,1-2H3. The molecule has 1 saturated heterocycles. The van der Waals surface area contributed by atoms with Crippen molar-refractivity contribution in [1.82, 2.24) is 4.90 Å². The van der Waals surface area contributed by atoms with Gasteiger partial charge in [-0.3, -0.25) is 4.79 Å². The monoisotopic (exact) mass is 381 g/mol. The Morgan fingerprint density at radius 2 is 1.85 bits per heavy atom. The van der Waals surface area contributed by atoms with Crippen molar-refractivity contribution in [2.75, 3.05) is 18.8 Å². The number of amides is 1. The molecule has 0 bridgehead atoms. The van der Waals surface area contributed by atoms with Gasteiger partial charge in [-0.25, -0.2) is 8.78 Å². The second-order valence-electron chi connectivity index (χ2n) is 7.99. The summed E-state index contributed by atoms with van der Waals surface area (Å²) < 4.78 is 27.6. The van der Waals surface area contributed by atoms with Crippen LogP contribution in [0.2, 0.25) is 0 Å². The van der Waals surface area contributed by atoms with Crippen molar-refractivity contribution in [2.24, 2.45) is 17.8 Å². The molecule has 26 heavy (non-hydrogen) atoms. The van der Waals surface area contributed by atoms with Crippen LogP contribution in [-0.4, -0.2) is 29.6 Å². The fourth-order valence-corrected chi connectivity index (χ4v) is 5.53. The van der Waals surface area contributed by atoms with Crippen LogP contribution < -0.4 is 0 Å². The van der Waals surface area contributed by atoms with Gasteiger partial charge in [0.25, 0.3) is 0 Å². The van der Waals surface area contributed by atoms with E-state index in [1.165, 1.54) is 12.1 Å². The molecule has 1 aromatic rings. The SMILES string of the molecule is CC(C)C1CCC(C(=O)N2CCSC(c3cc(F)ccc3F)CC2)CC1. The van der Waals surface area contributed by atoms with E-state index in [1.54, 1.807) is 11.8 Å². The Balaban J connectivity index is 1.58. The van der Waals surface area contributed by atoms with Crippen LogP contribution >= 0.6 is 11.8 Å². The summed E-state index contributed by atoms with van der Waals surface area (Å²) in [4.78, 5) is 14.9. The van der Waals surface area contributed by atoms with Crippen LogP contribution in [0, 0.1) is 29.4 Å². The number of halogens is 2. The average molecular weight is 382 g/mol. The molecule has 2 aliphatic rings. The first kappa shape index (κ1) is 19.7. The van der Waals surface area contributed by atoms with E-state index < -0.39 is 5.82 Å². The van der Waals surface area contributed by atoms with E-state index >= 15 is 0 Å². The van der Waals surface area contributed by atoms with E-state index in [-0.39, 0.29) is 22.9 Å². The highest BCUT2D eigenvalue weighted by atomic mass is 32.2. The van der Waals surface area contributed by atoms with Crippen molar-refractivity contribution in [3.63, 3.8) is 0 Å². The Labute approximate surface area is 159 Å². The Kier molecular flexibility index (Phi) is 6.60. The highest BCUT2D eigenvalue weighted by Crippen LogP contribution is 2.38. The summed E-state index contributed by atoms with van der Waals surface area (Å²) in [6.07, 6.45) is 4.96. The smallest absolute Gasteiger partial charge is 0.225 e. The molecule has 0 radical (unpaired) electrons. The number of rotatable bonds is 3. The Morgan fingerprint density at radius 3 is 2.54 bits per heavy atom. The van der Waals surface area contributed by atoms with Gasteiger partial charge in [-0.2, -0.15) is 11.8 Å². The molecular formula is C21H29F2NOS. The molecule has 0 spiro atoms. The minimum atomic E-state index is -0.402. The summed E-state index contributed by atoms with van der Waals surface area (Å²) in [7, 11) is 0. The summed E-state index contributed by atoms with van der Waals surface area (Å²) in [6.45, 7) is 5.88. The average Bonchev–Trinajstić information content (AvgIpc) is 2.89. The van der Waals surface area contributed by atoms with Crippen LogP contribution in [0.25, 0.3) is 0 Å². The van der Waals surface area contributed by atoms with E-state index in [4.69, 9.17) is 0 Å². The molecule has 2 fully saturated rings. The lowest BCUT2D eigenvalue weighted by atomic mass is 9.76. The van der Waals surface area contributed by atoms with Gasteiger partial charge in [-0.15, -0.1) is 0 Å². The molecule has 3 rings (SSSR count). The van der Waals surface area contributed by atoms with E-state index in [0.29, 0.717) is 31.0 Å². The van der Waals surface area contributed by atoms with Crippen molar-refractivity contribution in [3.05, 3.63) is 35.4 Å². The molecule has 1 aliphatic heterocycles. The number of benzene rings is 1. The lowest BCUT2D eigenvalue weighted by Crippen LogP contribution is -2.39. The third kappa shape index (κ3) is 4.59. The van der Waals surface area contributed by atoms with Crippen LogP contribution in [0.3, 0.4) is 0 Å². The third-order valence-electron chi connectivity index (χ3n) is 6.02. The fourth-order valence-electron chi connectivity index (χ4n) is 4.29. The van der Waals surface area contributed by atoms with Gasteiger partial charge in [0.1, 0.15) is 11.6 Å². The molecule has 0 aromatic heterocycles. The largest absolute Gasteiger partial charge is 0.342 e. The zero-order valence-corrected chi connectivity index (χ0v) is 16.5. The second-order valence-corrected chi connectivity index (χ2v) is 9.31. The molecule has 1 unspecified atom stereocenters. The van der Waals surface area contributed by atoms with Crippen LogP contribution in [0.5, 0.6) is 0 Å². The van der Waals surface area contributed by atoms with Gasteiger partial charge in [-0.1, -0.05) is 13.8 Å². The predicted molar refractivity (Wildman–Crippen MR) is 103 cm³/mol. The number of thioether (sulfide) groups is 1. The highest BCUT2D eigenvalue weighted by molar-refractivity contribution is 7.99. The first-order valence-electron chi connectivity index (χ1n) is 9.81. The third-order valence-corrected chi connectivity index (χ3v) is 7.33. The molecule has 1 aromatic carbocycles. The van der Waals surface area contributed by atoms with Crippen LogP contribution in [-0.2, 0) is 4.79 Å². The first-order chi connectivity index (χ1) is 12.5. The molecule has 1 heterocycles. The quantitative estimate of drug-likeness (QED) is 0.695. The number of nitrogens with zero attached hydrogens (tertiary/aromatic N) is 1. The maximum absolute atomic E-state index is 14.1. The molecule has 144 valence electrons. The van der Waals surface area contributed by atoms with Gasteiger partial charge in [-0.05, 0) is 62.1 Å². The zero-order valence-electron chi connectivity index (χ0n) is 15.7. The lowest BCUT2D eigenvalue weighted by Gasteiger charge is -2.33. The maximum Gasteiger partial charge on any atom is 0.225 e. The number of carbonyl (C=O) groups excluding carboxylic acids is 1. The van der Waals surface area contributed by atoms with Crippen molar-refractivity contribution >= 4 is 17.7 Å². The second kappa shape index (κ2) is 8.73. The predicted octanol–water partition coefficient (Wildman–Crippen LogP) is 5.43. The van der Waals surface area contributed by atoms with E-state index in [9.17, 15) is 13.6 Å². The number of hydrogen-bond acceptors (Lipinski definition) is 2. The summed E-state index contributed by atoms with van der Waals surface area (Å²) in [5, 5.41) is -0.0832. The van der Waals surface area contributed by atoms with Gasteiger partial charge >= 0.3 is 0 Å². The summed E-state index contributed by atoms with van der Waals surface area (Å²) in [5.41, 5.74) is 0.432. The van der Waals surface area contributed by atoms with Crippen LogP contribution in [0.15, 0.2) is 18.2 Å². The molecule has 1 aliphatic carbocycles. The molecule has 1 saturated carbocycles. The van der Waals surface area contributed by atoms with E-state index in [0.717, 1.165) is 43.4 Å². The molecule has 5 heteroatoms. The Morgan fingerprint density at radius 1 is 1.12 bits per heavy atom. The molecule has 1 atom stereocenters. The number of carbonyl (C=O) groups is 1. The summed E-state index contributed by atoms with van der Waals surface area (Å²) in [6, 6.07) is 3.66. The fraction of sp³-hybridized carbons (Fsp3) is 0.667. The van der Waals surface area contributed by atoms with Crippen molar-refractivity contribution in [2.45, 2.75) is 51.2 Å². The van der Waals surface area contributed by atoms with Crippen LogP contribution in [0.1, 0.15) is 56.8 Å². The van der Waals surface area contributed by atoms with Gasteiger partial charge in [0.2, 0.25) is 5.91 Å². The summed E-state index contributed by atoms with van der Waals surface area (Å²) >= 11 is 1.63. The van der Waals surface area contributed by atoms with Gasteiger partial charge in [0.15, 0.2) is 0 Å². The molecule has 2 nitrogen and oxygen atoms in total. The van der Waals surface area contributed by atoms with E-state index in [2.05, 4.69) is 13.8 Å². The van der Waals surface area contributed by atoms with Gasteiger partial charge in [0, 0.05) is 35.6 Å². The maximum atomic E-state index is 14.1. The van der Waals surface area contributed by atoms with Crippen LogP contribution in [0.4, 0.5) is 8.78 Å². The van der Waals surface area contributed by atoms with Gasteiger partial charge < -0.3 is 4.90 Å². The Hall–Kier alpha value is -1.10. The Bertz CT molecular complexity index is 628. The van der Waals surface area contributed by atoms with Crippen molar-refractivity contribution in [3.8, 4) is 0 Å². The zero-order chi connectivity index (χ0) is 18.7. The van der Waals surface area contributed by atoms with Gasteiger partial charge in [0.05, 0.1) is 0 Å². The molecular weight excluding hydrogens is 352 g/mol. The normalized spacial score (nSPS) is 27.4. The molecule has 1 amide bonds. The van der Waals surface area contributed by atoms with Crippen molar-refractivity contribution in [1.29, 1.82) is 0 Å². The summed E-state index contributed by atoms with van der Waals surface area (Å²) in [5.74, 6) is 1.89. The highest BCUT2D eigenvalue weighted by Gasteiger charge is 2.32. The number of hydrogen-bond donors (Lipinski definition) is 0. The first-order valence-corrected chi connectivity index (χ1v) is 10.9. The van der Waals surface area contributed by atoms with Crippen molar-refractivity contribution < 1.29 is 13.6 Å². The van der Waals surface area contributed by atoms with E-state index in [1.807, 2.05) is 4.90 Å². The minimum absolute atomic E-state index is 0.0832. The molecule has 0 N–H and O–H groups in total.